The van der Waals surface area contributed by atoms with Gasteiger partial charge in [0.2, 0.25) is 10.0 Å². The first-order valence-corrected chi connectivity index (χ1v) is 12.0. The number of methoxy groups -OCH3 is 1. The lowest BCUT2D eigenvalue weighted by Gasteiger charge is -2.20. The van der Waals surface area contributed by atoms with Gasteiger partial charge in [-0.05, 0) is 54.8 Å². The van der Waals surface area contributed by atoms with Crippen molar-refractivity contribution in [2.75, 3.05) is 7.11 Å². The van der Waals surface area contributed by atoms with Gasteiger partial charge in [0.1, 0.15) is 5.82 Å². The molecule has 0 heterocycles. The van der Waals surface area contributed by atoms with Crippen molar-refractivity contribution in [1.29, 1.82) is 0 Å². The minimum absolute atomic E-state index is 0.260. The molecule has 0 aromatic heterocycles. The topological polar surface area (TPSA) is 72.5 Å². The van der Waals surface area contributed by atoms with Crippen molar-refractivity contribution in [1.82, 2.24) is 4.72 Å². The first-order valence-electron chi connectivity index (χ1n) is 10.5. The van der Waals surface area contributed by atoms with Crippen LogP contribution in [0.4, 0.5) is 17.6 Å². The summed E-state index contributed by atoms with van der Waals surface area (Å²) in [4.78, 5) is 10.8. The molecular weight excluding hydrogens is 462 g/mol. The number of hydrogen-bond donors (Lipinski definition) is 1. The number of carbonyl (C=O) groups is 1. The van der Waals surface area contributed by atoms with Crippen molar-refractivity contribution in [3.63, 3.8) is 0 Å². The van der Waals surface area contributed by atoms with Gasteiger partial charge >= 0.3 is 12.1 Å². The molecule has 5 nitrogen and oxygen atoms in total. The quantitative estimate of drug-likeness (QED) is 0.234. The molecule has 0 bridgehead atoms. The van der Waals surface area contributed by atoms with Gasteiger partial charge in [0.25, 0.3) is 0 Å². The summed E-state index contributed by atoms with van der Waals surface area (Å²) in [5, 5.41) is 0. The summed E-state index contributed by atoms with van der Waals surface area (Å²) < 4.78 is 84.4. The molecule has 0 aliphatic heterocycles. The number of nitrogens with one attached hydrogen (secondary N) is 1. The fraction of sp³-hybridized carbons (Fsp3) is 0.435. The molecule has 0 aliphatic carbocycles. The number of unbranched alkanes of at least 4 members (excludes halogenated alkanes) is 4. The highest BCUT2D eigenvalue weighted by molar-refractivity contribution is 7.89. The zero-order valence-electron chi connectivity index (χ0n) is 18.2. The third-order valence-corrected chi connectivity index (χ3v) is 6.65. The first kappa shape index (κ1) is 26.8. The molecule has 33 heavy (non-hydrogen) atoms. The van der Waals surface area contributed by atoms with E-state index in [2.05, 4.69) is 9.46 Å². The standard InChI is InChI=1S/C23H27F4NO4S/c1-32-22(29)8-6-4-2-3-5-7-21(17-9-13-19(24)14-10-17)28-33(30,31)20-15-11-18(12-16-20)23(25,26)27/h9-16,21,28H,2-8H2,1H3. The maximum atomic E-state index is 13.3. The third-order valence-electron chi connectivity index (χ3n) is 5.16. The lowest BCUT2D eigenvalue weighted by molar-refractivity contribution is -0.140. The van der Waals surface area contributed by atoms with E-state index in [1.54, 1.807) is 0 Å². The number of rotatable bonds is 12. The minimum atomic E-state index is -4.57. The molecule has 10 heteroatoms. The molecule has 1 atom stereocenters. The van der Waals surface area contributed by atoms with Crippen LogP contribution in [0, 0.1) is 5.82 Å². The second kappa shape index (κ2) is 12.1. The third kappa shape index (κ3) is 8.77. The number of carbonyl (C=O) groups excluding carboxylic acids is 1. The monoisotopic (exact) mass is 489 g/mol. The van der Waals surface area contributed by atoms with Gasteiger partial charge < -0.3 is 4.74 Å². The van der Waals surface area contributed by atoms with Gasteiger partial charge in [-0.3, -0.25) is 4.79 Å². The van der Waals surface area contributed by atoms with Gasteiger partial charge in [0, 0.05) is 12.5 Å². The SMILES string of the molecule is COC(=O)CCCCCCCC(NS(=O)(=O)c1ccc(C(F)(F)F)cc1)c1ccc(F)cc1. The molecule has 182 valence electrons. The molecule has 0 spiro atoms. The predicted molar refractivity (Wildman–Crippen MR) is 115 cm³/mol. The van der Waals surface area contributed by atoms with E-state index in [9.17, 15) is 30.8 Å². The van der Waals surface area contributed by atoms with Crippen molar-refractivity contribution in [2.24, 2.45) is 0 Å². The summed E-state index contributed by atoms with van der Waals surface area (Å²) in [7, 11) is -2.77. The molecule has 1 unspecified atom stereocenters. The molecule has 0 aliphatic rings. The highest BCUT2D eigenvalue weighted by Crippen LogP contribution is 2.30. The second-order valence-corrected chi connectivity index (χ2v) is 9.34. The van der Waals surface area contributed by atoms with E-state index in [1.165, 1.54) is 31.4 Å². The fourth-order valence-corrected chi connectivity index (χ4v) is 4.58. The maximum Gasteiger partial charge on any atom is 0.416 e. The highest BCUT2D eigenvalue weighted by Gasteiger charge is 2.31. The van der Waals surface area contributed by atoms with Gasteiger partial charge in [0.15, 0.2) is 0 Å². The Hall–Kier alpha value is -2.46. The summed E-state index contributed by atoms with van der Waals surface area (Å²) in [5.41, 5.74) is -0.388. The maximum absolute atomic E-state index is 13.3. The smallest absolute Gasteiger partial charge is 0.416 e. The molecule has 0 amide bonds. The average molecular weight is 490 g/mol. The lowest BCUT2D eigenvalue weighted by Crippen LogP contribution is -2.29. The van der Waals surface area contributed by atoms with Gasteiger partial charge in [0.05, 0.1) is 17.6 Å². The Morgan fingerprint density at radius 3 is 2.09 bits per heavy atom. The molecule has 0 saturated heterocycles. The zero-order chi connectivity index (χ0) is 24.5. The largest absolute Gasteiger partial charge is 0.469 e. The normalized spacial score (nSPS) is 13.0. The zero-order valence-corrected chi connectivity index (χ0v) is 19.0. The Morgan fingerprint density at radius 1 is 0.939 bits per heavy atom. The molecule has 0 saturated carbocycles. The van der Waals surface area contributed by atoms with E-state index < -0.39 is 33.6 Å². The van der Waals surface area contributed by atoms with Crippen molar-refractivity contribution < 1.29 is 35.5 Å². The van der Waals surface area contributed by atoms with Crippen LogP contribution >= 0.6 is 0 Å². The number of halogens is 4. The van der Waals surface area contributed by atoms with Gasteiger partial charge in [-0.1, -0.05) is 37.8 Å². The van der Waals surface area contributed by atoms with Crippen LogP contribution < -0.4 is 4.72 Å². The van der Waals surface area contributed by atoms with Gasteiger partial charge in [-0.15, -0.1) is 0 Å². The number of sulfonamides is 1. The van der Waals surface area contributed by atoms with Gasteiger partial charge in [-0.25, -0.2) is 17.5 Å². The van der Waals surface area contributed by atoms with Crippen molar-refractivity contribution >= 4 is 16.0 Å². The van der Waals surface area contributed by atoms with Crippen LogP contribution in [0.2, 0.25) is 0 Å². The molecule has 2 aromatic carbocycles. The first-order chi connectivity index (χ1) is 15.5. The van der Waals surface area contributed by atoms with Crippen LogP contribution in [0.1, 0.15) is 62.1 Å². The number of ether oxygens (including phenoxy) is 1. The molecule has 2 rings (SSSR count). The van der Waals surface area contributed by atoms with Crippen LogP contribution in [0.15, 0.2) is 53.4 Å². The van der Waals surface area contributed by atoms with E-state index in [4.69, 9.17) is 0 Å². The van der Waals surface area contributed by atoms with Crippen molar-refractivity contribution in [3.8, 4) is 0 Å². The summed E-state index contributed by atoms with van der Waals surface area (Å²) in [6.07, 6.45) is 0.0328. The van der Waals surface area contributed by atoms with E-state index in [1.807, 2.05) is 0 Å². The molecule has 0 fully saturated rings. The van der Waals surface area contributed by atoms with Crippen LogP contribution in [-0.2, 0) is 25.7 Å². The average Bonchev–Trinajstić information content (AvgIpc) is 2.77. The van der Waals surface area contributed by atoms with Crippen LogP contribution in [0.3, 0.4) is 0 Å². The number of alkyl halides is 3. The summed E-state index contributed by atoms with van der Waals surface area (Å²) >= 11 is 0. The van der Waals surface area contributed by atoms with E-state index >= 15 is 0 Å². The Labute approximate surface area is 191 Å². The van der Waals surface area contributed by atoms with E-state index in [-0.39, 0.29) is 10.9 Å². The second-order valence-electron chi connectivity index (χ2n) is 7.63. The van der Waals surface area contributed by atoms with Crippen molar-refractivity contribution in [2.45, 2.75) is 62.1 Å². The minimum Gasteiger partial charge on any atom is -0.469 e. The van der Waals surface area contributed by atoms with Crippen molar-refractivity contribution in [3.05, 3.63) is 65.5 Å². The summed E-state index contributed by atoms with van der Waals surface area (Å²) in [6.45, 7) is 0. The molecule has 2 aromatic rings. The highest BCUT2D eigenvalue weighted by atomic mass is 32.2. The summed E-state index contributed by atoms with van der Waals surface area (Å²) in [5.74, 6) is -0.724. The van der Waals surface area contributed by atoms with Crippen LogP contribution in [0.5, 0.6) is 0 Å². The molecule has 1 N–H and O–H groups in total. The number of hydrogen-bond acceptors (Lipinski definition) is 4. The van der Waals surface area contributed by atoms with E-state index in [0.717, 1.165) is 43.5 Å². The van der Waals surface area contributed by atoms with Crippen LogP contribution in [-0.4, -0.2) is 21.5 Å². The molecule has 0 radical (unpaired) electrons. The summed E-state index contributed by atoms with van der Waals surface area (Å²) in [6, 6.07) is 7.99. The van der Waals surface area contributed by atoms with E-state index in [0.29, 0.717) is 31.2 Å². The molecular formula is C23H27F4NO4S. The number of benzene rings is 2. The Balaban J connectivity index is 2.03. The predicted octanol–water partition coefficient (Wildman–Crippen LogP) is 5.77. The Kier molecular flexibility index (Phi) is 9.85. The van der Waals surface area contributed by atoms with Gasteiger partial charge in [-0.2, -0.15) is 13.2 Å². The van der Waals surface area contributed by atoms with Crippen LogP contribution in [0.25, 0.3) is 0 Å². The number of esters is 1. The Morgan fingerprint density at radius 2 is 1.52 bits per heavy atom. The Bertz CT molecular complexity index is 991. The lowest BCUT2D eigenvalue weighted by atomic mass is 10.0. The fourth-order valence-electron chi connectivity index (χ4n) is 3.32.